The number of benzene rings is 1. The molecular formula is C25H32N4O2. The van der Waals surface area contributed by atoms with Gasteiger partial charge in [0.1, 0.15) is 16.9 Å². The zero-order valence-corrected chi connectivity index (χ0v) is 19.3. The lowest BCUT2D eigenvalue weighted by Gasteiger charge is -2.14. The molecule has 0 amide bonds. The van der Waals surface area contributed by atoms with E-state index in [0.29, 0.717) is 18.1 Å². The Hall–Kier alpha value is -2.89. The Balaban J connectivity index is 2.05. The lowest BCUT2D eigenvalue weighted by atomic mass is 10.1. The monoisotopic (exact) mass is 420 g/mol. The molecular weight excluding hydrogens is 388 g/mol. The van der Waals surface area contributed by atoms with Crippen molar-refractivity contribution in [1.82, 2.24) is 18.9 Å². The van der Waals surface area contributed by atoms with Crippen LogP contribution in [0.15, 0.2) is 30.5 Å². The summed E-state index contributed by atoms with van der Waals surface area (Å²) in [5, 5.41) is 0.807. The highest BCUT2D eigenvalue weighted by Gasteiger charge is 2.24. The molecule has 0 fully saturated rings. The quantitative estimate of drug-likeness (QED) is 0.346. The number of ether oxygens (including phenoxy) is 1. The number of imidazole rings is 1. The van der Waals surface area contributed by atoms with Crippen LogP contribution in [0.3, 0.4) is 0 Å². The lowest BCUT2D eigenvalue weighted by Crippen LogP contribution is -2.11. The minimum Gasteiger partial charge on any atom is -0.424 e. The lowest BCUT2D eigenvalue weighted by molar-refractivity contribution is -0.135. The van der Waals surface area contributed by atoms with E-state index in [-0.39, 0.29) is 17.9 Å². The van der Waals surface area contributed by atoms with Crippen LogP contribution in [-0.4, -0.2) is 24.9 Å². The molecule has 0 radical (unpaired) electrons. The molecule has 0 aliphatic carbocycles. The van der Waals surface area contributed by atoms with Crippen LogP contribution < -0.4 is 4.74 Å². The fourth-order valence-electron chi connectivity index (χ4n) is 4.05. The van der Waals surface area contributed by atoms with Crippen molar-refractivity contribution < 1.29 is 9.53 Å². The van der Waals surface area contributed by atoms with E-state index in [1.54, 1.807) is 0 Å². The number of carbonyl (C=O) groups is 1. The van der Waals surface area contributed by atoms with Crippen LogP contribution in [0.25, 0.3) is 27.7 Å². The number of hydrogen-bond donors (Lipinski definition) is 0. The van der Waals surface area contributed by atoms with Crippen molar-refractivity contribution >= 4 is 33.7 Å². The number of rotatable bonds is 7. The number of aromatic nitrogens is 4. The summed E-state index contributed by atoms with van der Waals surface area (Å²) in [6.07, 6.45) is 4.09. The molecule has 0 N–H and O–H groups in total. The molecule has 0 saturated heterocycles. The highest BCUT2D eigenvalue weighted by molar-refractivity contribution is 6.01. The van der Waals surface area contributed by atoms with E-state index in [9.17, 15) is 4.79 Å². The van der Waals surface area contributed by atoms with Gasteiger partial charge >= 0.3 is 5.97 Å². The zero-order valence-electron chi connectivity index (χ0n) is 19.3. The van der Waals surface area contributed by atoms with Crippen molar-refractivity contribution in [1.29, 1.82) is 0 Å². The second-order valence-corrected chi connectivity index (χ2v) is 9.31. The molecule has 4 rings (SSSR count). The normalized spacial score (nSPS) is 13.2. The number of hydrogen-bond acceptors (Lipinski definition) is 4. The average Bonchev–Trinajstić information content (AvgIpc) is 3.25. The van der Waals surface area contributed by atoms with Gasteiger partial charge in [-0.05, 0) is 37.3 Å². The molecule has 164 valence electrons. The standard InChI is InChI=1S/C25H32N4O2/c1-7-17(6)28-14-20(31-22(30)13-16(4)5)23-24(28)27-21(12-15(2)3)29-19-11-9-8-10-18(19)26-25(23)29/h8-11,14-17H,7,12-13H2,1-6H3/t17-/m0/s1. The Labute approximate surface area is 183 Å². The smallest absolute Gasteiger partial charge is 0.311 e. The van der Waals surface area contributed by atoms with Gasteiger partial charge in [-0.25, -0.2) is 9.97 Å². The second-order valence-electron chi connectivity index (χ2n) is 9.31. The van der Waals surface area contributed by atoms with Crippen LogP contribution in [0.5, 0.6) is 5.75 Å². The fourth-order valence-corrected chi connectivity index (χ4v) is 4.05. The van der Waals surface area contributed by atoms with Crippen LogP contribution in [0.1, 0.15) is 66.3 Å². The molecule has 6 heteroatoms. The van der Waals surface area contributed by atoms with E-state index >= 15 is 0 Å². The summed E-state index contributed by atoms with van der Waals surface area (Å²) in [6.45, 7) is 12.7. The molecule has 0 aliphatic heterocycles. The van der Waals surface area contributed by atoms with Crippen molar-refractivity contribution in [2.24, 2.45) is 11.8 Å². The molecule has 0 aliphatic rings. The van der Waals surface area contributed by atoms with Gasteiger partial charge in [-0.3, -0.25) is 9.20 Å². The van der Waals surface area contributed by atoms with E-state index < -0.39 is 0 Å². The Morgan fingerprint density at radius 2 is 1.77 bits per heavy atom. The Bertz CT molecular complexity index is 1250. The van der Waals surface area contributed by atoms with Crippen molar-refractivity contribution in [2.45, 2.75) is 66.8 Å². The number of esters is 1. The second kappa shape index (κ2) is 8.33. The third kappa shape index (κ3) is 3.91. The van der Waals surface area contributed by atoms with E-state index in [0.717, 1.165) is 46.4 Å². The maximum Gasteiger partial charge on any atom is 0.311 e. The molecule has 0 bridgehead atoms. The molecule has 6 nitrogen and oxygen atoms in total. The van der Waals surface area contributed by atoms with Gasteiger partial charge in [0.05, 0.1) is 11.0 Å². The predicted octanol–water partition coefficient (Wildman–Crippen LogP) is 5.96. The van der Waals surface area contributed by atoms with Gasteiger partial charge in [-0.2, -0.15) is 0 Å². The summed E-state index contributed by atoms with van der Waals surface area (Å²) in [5.41, 5.74) is 3.58. The number of carbonyl (C=O) groups excluding carboxylic acids is 1. The van der Waals surface area contributed by atoms with Crippen molar-refractivity contribution in [3.63, 3.8) is 0 Å². The third-order valence-electron chi connectivity index (χ3n) is 5.70. The summed E-state index contributed by atoms with van der Waals surface area (Å²) in [5.74, 6) is 1.99. The fraction of sp³-hybridized carbons (Fsp3) is 0.480. The molecule has 31 heavy (non-hydrogen) atoms. The minimum atomic E-state index is -0.223. The summed E-state index contributed by atoms with van der Waals surface area (Å²) < 4.78 is 10.2. The molecule has 3 heterocycles. The first kappa shape index (κ1) is 21.3. The highest BCUT2D eigenvalue weighted by Crippen LogP contribution is 2.36. The van der Waals surface area contributed by atoms with Crippen LogP contribution in [-0.2, 0) is 11.2 Å². The van der Waals surface area contributed by atoms with Gasteiger partial charge < -0.3 is 9.30 Å². The first-order valence-electron chi connectivity index (χ1n) is 11.3. The molecule has 1 aromatic carbocycles. The van der Waals surface area contributed by atoms with Gasteiger partial charge in [-0.15, -0.1) is 0 Å². The van der Waals surface area contributed by atoms with Crippen molar-refractivity contribution in [3.8, 4) is 5.75 Å². The number of nitrogens with zero attached hydrogens (tertiary/aromatic N) is 4. The molecule has 0 spiro atoms. The number of fused-ring (bicyclic) bond motifs is 5. The maximum atomic E-state index is 12.6. The maximum absolute atomic E-state index is 12.6. The van der Waals surface area contributed by atoms with E-state index in [2.05, 4.69) is 42.7 Å². The van der Waals surface area contributed by atoms with Crippen LogP contribution in [0.4, 0.5) is 0 Å². The van der Waals surface area contributed by atoms with Crippen molar-refractivity contribution in [3.05, 3.63) is 36.3 Å². The topological polar surface area (TPSA) is 61.4 Å². The average molecular weight is 421 g/mol. The van der Waals surface area contributed by atoms with Crippen LogP contribution in [0, 0.1) is 11.8 Å². The largest absolute Gasteiger partial charge is 0.424 e. The van der Waals surface area contributed by atoms with Gasteiger partial charge in [0.25, 0.3) is 0 Å². The first-order chi connectivity index (χ1) is 14.8. The van der Waals surface area contributed by atoms with Crippen LogP contribution >= 0.6 is 0 Å². The Morgan fingerprint density at radius 1 is 1.03 bits per heavy atom. The van der Waals surface area contributed by atoms with Gasteiger partial charge in [0, 0.05) is 25.1 Å². The predicted molar refractivity (Wildman–Crippen MR) is 125 cm³/mol. The molecule has 0 unspecified atom stereocenters. The molecule has 1 atom stereocenters. The highest BCUT2D eigenvalue weighted by atomic mass is 16.5. The molecule has 0 saturated carbocycles. The summed E-state index contributed by atoms with van der Waals surface area (Å²) in [4.78, 5) is 22.6. The summed E-state index contributed by atoms with van der Waals surface area (Å²) in [6, 6.07) is 8.33. The Morgan fingerprint density at radius 3 is 2.45 bits per heavy atom. The Kier molecular flexibility index (Phi) is 5.73. The zero-order chi connectivity index (χ0) is 22.3. The van der Waals surface area contributed by atoms with E-state index in [4.69, 9.17) is 14.7 Å². The third-order valence-corrected chi connectivity index (χ3v) is 5.70. The number of para-hydroxylation sites is 2. The minimum absolute atomic E-state index is 0.223. The van der Waals surface area contributed by atoms with Gasteiger partial charge in [0.15, 0.2) is 11.4 Å². The molecule has 4 aromatic rings. The van der Waals surface area contributed by atoms with Gasteiger partial charge in [0.2, 0.25) is 0 Å². The summed E-state index contributed by atoms with van der Waals surface area (Å²) >= 11 is 0. The van der Waals surface area contributed by atoms with E-state index in [1.807, 2.05) is 38.2 Å². The van der Waals surface area contributed by atoms with Crippen LogP contribution in [0.2, 0.25) is 0 Å². The molecule has 3 aromatic heterocycles. The van der Waals surface area contributed by atoms with Crippen molar-refractivity contribution in [2.75, 3.05) is 0 Å². The summed E-state index contributed by atoms with van der Waals surface area (Å²) in [7, 11) is 0. The SMILES string of the molecule is CC[C@H](C)n1cc(OC(=O)CC(C)C)c2c1nc(CC(C)C)n1c3ccccc3nc21. The van der Waals surface area contributed by atoms with Gasteiger partial charge in [-0.1, -0.05) is 46.8 Å². The van der Waals surface area contributed by atoms with E-state index in [1.165, 1.54) is 0 Å². The first-order valence-corrected chi connectivity index (χ1v) is 11.3.